The molecule has 2 aromatic rings. The van der Waals surface area contributed by atoms with E-state index in [1.165, 1.54) is 0 Å². The average molecular weight is 211 g/mol. The zero-order valence-corrected chi connectivity index (χ0v) is 9.09. The van der Waals surface area contributed by atoms with Gasteiger partial charge in [0.25, 0.3) is 0 Å². The number of nitriles is 1. The van der Waals surface area contributed by atoms with E-state index in [1.807, 2.05) is 37.3 Å². The van der Waals surface area contributed by atoms with Gasteiger partial charge >= 0.3 is 0 Å². The quantitative estimate of drug-likeness (QED) is 0.828. The van der Waals surface area contributed by atoms with Crippen LogP contribution in [0.4, 0.5) is 0 Å². The van der Waals surface area contributed by atoms with Crippen LogP contribution in [0.3, 0.4) is 0 Å². The van der Waals surface area contributed by atoms with Crippen LogP contribution >= 0.6 is 0 Å². The number of pyridine rings is 1. The Hall–Kier alpha value is -1.92. The van der Waals surface area contributed by atoms with Crippen LogP contribution in [0.5, 0.6) is 0 Å². The first-order valence-corrected chi connectivity index (χ1v) is 5.23. The van der Waals surface area contributed by atoms with E-state index in [9.17, 15) is 0 Å². The van der Waals surface area contributed by atoms with E-state index in [-0.39, 0.29) is 5.92 Å². The number of fused-ring (bicyclic) bond motifs is 1. The lowest BCUT2D eigenvalue weighted by Gasteiger charge is -2.15. The van der Waals surface area contributed by atoms with Crippen LogP contribution in [0.1, 0.15) is 18.4 Å². The molecule has 2 rings (SSSR count). The van der Waals surface area contributed by atoms with Gasteiger partial charge in [-0.25, -0.2) is 0 Å². The van der Waals surface area contributed by atoms with Crippen LogP contribution < -0.4 is 5.73 Å². The fourth-order valence-corrected chi connectivity index (χ4v) is 1.83. The van der Waals surface area contributed by atoms with Gasteiger partial charge in [0.15, 0.2) is 0 Å². The monoisotopic (exact) mass is 211 g/mol. The SMILES string of the molecule is C[C@H](c1cccc2ncccc12)[C@H](N)C#N. The second kappa shape index (κ2) is 4.30. The van der Waals surface area contributed by atoms with Gasteiger partial charge in [-0.3, -0.25) is 4.98 Å². The van der Waals surface area contributed by atoms with Crippen LogP contribution in [0, 0.1) is 11.3 Å². The average Bonchev–Trinajstić information content (AvgIpc) is 2.36. The minimum Gasteiger partial charge on any atom is -0.315 e. The first-order valence-electron chi connectivity index (χ1n) is 5.23. The van der Waals surface area contributed by atoms with Gasteiger partial charge < -0.3 is 5.73 Å². The summed E-state index contributed by atoms with van der Waals surface area (Å²) in [4.78, 5) is 4.29. The third-order valence-electron chi connectivity index (χ3n) is 2.86. The van der Waals surface area contributed by atoms with Crippen LogP contribution in [-0.4, -0.2) is 11.0 Å². The Kier molecular flexibility index (Phi) is 2.84. The van der Waals surface area contributed by atoms with Crippen LogP contribution in [-0.2, 0) is 0 Å². The largest absolute Gasteiger partial charge is 0.315 e. The van der Waals surface area contributed by atoms with Gasteiger partial charge in [-0.1, -0.05) is 25.1 Å². The zero-order valence-electron chi connectivity index (χ0n) is 9.09. The van der Waals surface area contributed by atoms with E-state index < -0.39 is 6.04 Å². The molecule has 2 N–H and O–H groups in total. The van der Waals surface area contributed by atoms with Crippen molar-refractivity contribution < 1.29 is 0 Å². The molecule has 0 spiro atoms. The summed E-state index contributed by atoms with van der Waals surface area (Å²) in [5.41, 5.74) is 7.78. The van der Waals surface area contributed by atoms with E-state index in [1.54, 1.807) is 6.20 Å². The van der Waals surface area contributed by atoms with Gasteiger partial charge in [0.2, 0.25) is 0 Å². The molecule has 80 valence electrons. The Labute approximate surface area is 94.5 Å². The second-order valence-electron chi connectivity index (χ2n) is 3.86. The van der Waals surface area contributed by atoms with E-state index in [0.717, 1.165) is 16.5 Å². The molecule has 3 nitrogen and oxygen atoms in total. The Morgan fingerprint density at radius 1 is 1.31 bits per heavy atom. The minimum atomic E-state index is -0.481. The normalized spacial score (nSPS) is 14.3. The molecule has 3 heteroatoms. The van der Waals surface area contributed by atoms with Gasteiger partial charge in [-0.15, -0.1) is 0 Å². The van der Waals surface area contributed by atoms with Crippen LogP contribution in [0.15, 0.2) is 36.5 Å². The predicted molar refractivity (Wildman–Crippen MR) is 63.7 cm³/mol. The van der Waals surface area contributed by atoms with Crippen molar-refractivity contribution in [2.45, 2.75) is 18.9 Å². The molecule has 0 unspecified atom stereocenters. The Bertz CT molecular complexity index is 537. The summed E-state index contributed by atoms with van der Waals surface area (Å²) < 4.78 is 0. The van der Waals surface area contributed by atoms with E-state index in [0.29, 0.717) is 0 Å². The maximum Gasteiger partial charge on any atom is 0.0994 e. The maximum atomic E-state index is 8.85. The van der Waals surface area contributed by atoms with Crippen molar-refractivity contribution in [1.82, 2.24) is 4.98 Å². The van der Waals surface area contributed by atoms with Crippen molar-refractivity contribution in [1.29, 1.82) is 5.26 Å². The third-order valence-corrected chi connectivity index (χ3v) is 2.86. The molecular formula is C13H13N3. The Morgan fingerprint density at radius 2 is 2.12 bits per heavy atom. The number of nitrogens with zero attached hydrogens (tertiary/aromatic N) is 2. The predicted octanol–water partition coefficient (Wildman–Crippen LogP) is 2.19. The van der Waals surface area contributed by atoms with Gasteiger partial charge in [0, 0.05) is 17.5 Å². The number of aromatic nitrogens is 1. The molecular weight excluding hydrogens is 198 g/mol. The molecule has 0 aliphatic rings. The van der Waals surface area contributed by atoms with Gasteiger partial charge in [0.05, 0.1) is 17.6 Å². The molecule has 1 aromatic carbocycles. The lowest BCUT2D eigenvalue weighted by molar-refractivity contribution is 0.679. The standard InChI is InChI=1S/C13H13N3/c1-9(12(15)8-14)10-4-2-6-13-11(10)5-3-7-16-13/h2-7,9,12H,15H2,1H3/t9-,12-/m1/s1. The topological polar surface area (TPSA) is 62.7 Å². The van der Waals surface area contributed by atoms with Crippen LogP contribution in [0.2, 0.25) is 0 Å². The summed E-state index contributed by atoms with van der Waals surface area (Å²) in [6, 6.07) is 11.4. The van der Waals surface area contributed by atoms with E-state index >= 15 is 0 Å². The van der Waals surface area contributed by atoms with E-state index in [4.69, 9.17) is 11.0 Å². The highest BCUT2D eigenvalue weighted by atomic mass is 14.7. The summed E-state index contributed by atoms with van der Waals surface area (Å²) >= 11 is 0. The Balaban J connectivity index is 2.57. The highest BCUT2D eigenvalue weighted by Gasteiger charge is 2.16. The molecule has 0 saturated carbocycles. The van der Waals surface area contributed by atoms with Crippen molar-refractivity contribution >= 4 is 10.9 Å². The fraction of sp³-hybridized carbons (Fsp3) is 0.231. The lowest BCUT2D eigenvalue weighted by Crippen LogP contribution is -2.24. The van der Waals surface area contributed by atoms with Crippen molar-refractivity contribution in [3.63, 3.8) is 0 Å². The fourth-order valence-electron chi connectivity index (χ4n) is 1.83. The first kappa shape index (κ1) is 10.6. The van der Waals surface area contributed by atoms with Crippen molar-refractivity contribution in [3.8, 4) is 6.07 Å². The van der Waals surface area contributed by atoms with Crippen molar-refractivity contribution in [2.75, 3.05) is 0 Å². The number of nitrogens with two attached hydrogens (primary N) is 1. The highest BCUT2D eigenvalue weighted by molar-refractivity contribution is 5.82. The molecule has 1 aromatic heterocycles. The molecule has 0 radical (unpaired) electrons. The smallest absolute Gasteiger partial charge is 0.0994 e. The molecule has 1 heterocycles. The summed E-state index contributed by atoms with van der Waals surface area (Å²) in [5, 5.41) is 9.92. The lowest BCUT2D eigenvalue weighted by atomic mass is 9.91. The van der Waals surface area contributed by atoms with Gasteiger partial charge in [-0.05, 0) is 17.7 Å². The van der Waals surface area contributed by atoms with Gasteiger partial charge in [-0.2, -0.15) is 5.26 Å². The summed E-state index contributed by atoms with van der Waals surface area (Å²) in [6.45, 7) is 1.97. The molecule has 0 saturated heterocycles. The second-order valence-corrected chi connectivity index (χ2v) is 3.86. The van der Waals surface area contributed by atoms with Crippen LogP contribution in [0.25, 0.3) is 10.9 Å². The maximum absolute atomic E-state index is 8.85. The van der Waals surface area contributed by atoms with E-state index in [2.05, 4.69) is 11.1 Å². The molecule has 0 aliphatic carbocycles. The van der Waals surface area contributed by atoms with Crippen molar-refractivity contribution in [2.24, 2.45) is 5.73 Å². The number of hydrogen-bond donors (Lipinski definition) is 1. The first-order chi connectivity index (χ1) is 7.74. The molecule has 0 bridgehead atoms. The highest BCUT2D eigenvalue weighted by Crippen LogP contribution is 2.25. The van der Waals surface area contributed by atoms with Gasteiger partial charge in [0.1, 0.15) is 0 Å². The molecule has 0 aliphatic heterocycles. The molecule has 2 atom stereocenters. The van der Waals surface area contributed by atoms with Crippen molar-refractivity contribution in [3.05, 3.63) is 42.1 Å². The minimum absolute atomic E-state index is 0.0119. The Morgan fingerprint density at radius 3 is 2.88 bits per heavy atom. The number of hydrogen-bond acceptors (Lipinski definition) is 3. The molecule has 0 fully saturated rings. The number of benzene rings is 1. The zero-order chi connectivity index (χ0) is 11.5. The summed E-state index contributed by atoms with van der Waals surface area (Å²) in [7, 11) is 0. The molecule has 0 amide bonds. The molecule has 16 heavy (non-hydrogen) atoms. The summed E-state index contributed by atoms with van der Waals surface area (Å²) in [5.74, 6) is 0.0119. The third kappa shape index (κ3) is 1.75. The summed E-state index contributed by atoms with van der Waals surface area (Å²) in [6.07, 6.45) is 1.76. The number of rotatable bonds is 2.